The normalized spacial score (nSPS) is 11.6. The van der Waals surface area contributed by atoms with E-state index in [2.05, 4.69) is 10.3 Å². The fourth-order valence-corrected chi connectivity index (χ4v) is 2.21. The van der Waals surface area contributed by atoms with E-state index in [0.717, 1.165) is 11.4 Å². The number of nitrogens with two attached hydrogens (primary N) is 1. The zero-order chi connectivity index (χ0) is 19.7. The molecule has 0 heterocycles. The van der Waals surface area contributed by atoms with Crippen molar-refractivity contribution in [2.75, 3.05) is 25.5 Å². The molecule has 0 atom stereocenters. The van der Waals surface area contributed by atoms with Crippen LogP contribution >= 0.6 is 24.0 Å². The van der Waals surface area contributed by atoms with E-state index in [-0.39, 0.29) is 36.1 Å². The van der Waals surface area contributed by atoms with Crippen LogP contribution in [0.3, 0.4) is 0 Å². The van der Waals surface area contributed by atoms with Crippen LogP contribution in [0.25, 0.3) is 0 Å². The zero-order valence-electron chi connectivity index (χ0n) is 17.1. The first-order valence-electron chi connectivity index (χ1n) is 8.83. The second-order valence-corrected chi connectivity index (χ2v) is 7.24. The van der Waals surface area contributed by atoms with Crippen molar-refractivity contribution < 1.29 is 14.3 Å². The highest BCUT2D eigenvalue weighted by Gasteiger charge is 2.23. The molecular weight excluding hydrogens is 459 g/mol. The van der Waals surface area contributed by atoms with Crippen molar-refractivity contribution in [1.29, 1.82) is 0 Å². The van der Waals surface area contributed by atoms with E-state index in [9.17, 15) is 4.79 Å². The summed E-state index contributed by atoms with van der Waals surface area (Å²) in [5.41, 5.74) is 6.21. The lowest BCUT2D eigenvalue weighted by molar-refractivity contribution is 0.0190. The molecule has 0 aliphatic carbocycles. The summed E-state index contributed by atoms with van der Waals surface area (Å²) in [4.78, 5) is 18.3. The monoisotopic (exact) mass is 492 g/mol. The number of nitrogens with zero attached hydrogens (tertiary/aromatic N) is 2. The summed E-state index contributed by atoms with van der Waals surface area (Å²) in [6, 6.07) is 7.51. The number of anilines is 1. The number of amides is 1. The Kier molecular flexibility index (Phi) is 11.1. The molecule has 0 saturated heterocycles. The first-order chi connectivity index (χ1) is 12.1. The highest BCUT2D eigenvalue weighted by molar-refractivity contribution is 14.0. The fourth-order valence-electron chi connectivity index (χ4n) is 2.21. The third-order valence-corrected chi connectivity index (χ3v) is 3.43. The number of rotatable bonds is 7. The first kappa shape index (κ1) is 25.3. The van der Waals surface area contributed by atoms with Crippen molar-refractivity contribution in [1.82, 2.24) is 4.90 Å². The van der Waals surface area contributed by atoms with Gasteiger partial charge in [-0.3, -0.25) is 4.99 Å². The smallest absolute Gasteiger partial charge is 0.410 e. The molecule has 0 unspecified atom stereocenters. The molecule has 8 heteroatoms. The Labute approximate surface area is 179 Å². The number of aliphatic imine (C=N–C) groups is 1. The molecule has 1 aromatic carbocycles. The average molecular weight is 492 g/mol. The van der Waals surface area contributed by atoms with Crippen molar-refractivity contribution in [3.8, 4) is 5.75 Å². The lowest BCUT2D eigenvalue weighted by Crippen LogP contribution is -2.41. The second-order valence-electron chi connectivity index (χ2n) is 7.24. The van der Waals surface area contributed by atoms with Gasteiger partial charge in [0.2, 0.25) is 0 Å². The third kappa shape index (κ3) is 10.3. The summed E-state index contributed by atoms with van der Waals surface area (Å²) >= 11 is 0. The Morgan fingerprint density at radius 1 is 1.33 bits per heavy atom. The quantitative estimate of drug-likeness (QED) is 0.259. The number of hydrogen-bond acceptors (Lipinski definition) is 4. The average Bonchev–Trinajstić information content (AvgIpc) is 2.52. The van der Waals surface area contributed by atoms with Gasteiger partial charge < -0.3 is 25.4 Å². The predicted octanol–water partition coefficient (Wildman–Crippen LogP) is 4.08. The van der Waals surface area contributed by atoms with E-state index in [0.29, 0.717) is 25.5 Å². The maximum Gasteiger partial charge on any atom is 0.410 e. The number of ether oxygens (including phenoxy) is 2. The van der Waals surface area contributed by atoms with E-state index >= 15 is 0 Å². The van der Waals surface area contributed by atoms with Gasteiger partial charge in [0.05, 0.1) is 7.11 Å². The Morgan fingerprint density at radius 3 is 2.56 bits per heavy atom. The van der Waals surface area contributed by atoms with Gasteiger partial charge in [0.15, 0.2) is 5.96 Å². The van der Waals surface area contributed by atoms with Crippen LogP contribution in [0.15, 0.2) is 29.3 Å². The Morgan fingerprint density at radius 2 is 2.00 bits per heavy atom. The minimum Gasteiger partial charge on any atom is -0.497 e. The van der Waals surface area contributed by atoms with Crippen LogP contribution in [0.4, 0.5) is 10.5 Å². The maximum atomic E-state index is 12.2. The maximum absolute atomic E-state index is 12.2. The fraction of sp³-hybridized carbons (Fsp3) is 0.579. The minimum atomic E-state index is -0.506. The molecule has 154 valence electrons. The number of hydrogen-bond donors (Lipinski definition) is 2. The molecule has 0 aromatic heterocycles. The van der Waals surface area contributed by atoms with Crippen LogP contribution in [-0.2, 0) is 4.74 Å². The molecule has 0 fully saturated rings. The van der Waals surface area contributed by atoms with Gasteiger partial charge in [-0.15, -0.1) is 24.0 Å². The van der Waals surface area contributed by atoms with Gasteiger partial charge in [-0.2, -0.15) is 0 Å². The number of carbonyl (C=O) groups excluding carboxylic acids is 1. The third-order valence-electron chi connectivity index (χ3n) is 3.43. The molecule has 1 rings (SSSR count). The van der Waals surface area contributed by atoms with E-state index in [4.69, 9.17) is 15.2 Å². The molecule has 1 amide bonds. The molecule has 0 radical (unpaired) electrons. The van der Waals surface area contributed by atoms with E-state index in [1.807, 2.05) is 58.9 Å². The largest absolute Gasteiger partial charge is 0.497 e. The summed E-state index contributed by atoms with van der Waals surface area (Å²) < 4.78 is 10.6. The molecule has 3 N–H and O–H groups in total. The molecule has 7 nitrogen and oxygen atoms in total. The Bertz CT molecular complexity index is 615. The molecule has 0 saturated carbocycles. The molecule has 0 bridgehead atoms. The lowest BCUT2D eigenvalue weighted by atomic mass is 10.2. The SMILES string of the molecule is COc1cccc(NC(N)=NCCCN(C(=O)OC(C)(C)C)C(C)C)c1.I. The summed E-state index contributed by atoms with van der Waals surface area (Å²) in [6.07, 6.45) is 0.386. The molecular formula is C19H33IN4O3. The highest BCUT2D eigenvalue weighted by Crippen LogP contribution is 2.16. The van der Waals surface area contributed by atoms with Crippen LogP contribution in [0, 0.1) is 0 Å². The van der Waals surface area contributed by atoms with Crippen molar-refractivity contribution in [2.45, 2.75) is 52.7 Å². The van der Waals surface area contributed by atoms with Gasteiger partial charge >= 0.3 is 6.09 Å². The first-order valence-corrected chi connectivity index (χ1v) is 8.83. The number of methoxy groups -OCH3 is 1. The number of guanidine groups is 1. The van der Waals surface area contributed by atoms with Gasteiger partial charge in [-0.1, -0.05) is 6.07 Å². The Hall–Kier alpha value is -1.71. The minimum absolute atomic E-state index is 0. The lowest BCUT2D eigenvalue weighted by Gasteiger charge is -2.30. The molecule has 0 aliphatic rings. The van der Waals surface area contributed by atoms with Gasteiger partial charge in [0.25, 0.3) is 0 Å². The van der Waals surface area contributed by atoms with Crippen molar-refractivity contribution in [2.24, 2.45) is 10.7 Å². The van der Waals surface area contributed by atoms with Crippen LogP contribution in [0.2, 0.25) is 0 Å². The van der Waals surface area contributed by atoms with Crippen LogP contribution in [0.1, 0.15) is 41.0 Å². The molecule has 0 spiro atoms. The van der Waals surface area contributed by atoms with Crippen LogP contribution in [0.5, 0.6) is 5.75 Å². The number of benzene rings is 1. The van der Waals surface area contributed by atoms with Crippen molar-refractivity contribution in [3.05, 3.63) is 24.3 Å². The number of nitrogens with one attached hydrogen (secondary N) is 1. The highest BCUT2D eigenvalue weighted by atomic mass is 127. The van der Waals surface area contributed by atoms with E-state index < -0.39 is 5.60 Å². The van der Waals surface area contributed by atoms with Gasteiger partial charge in [-0.05, 0) is 53.2 Å². The van der Waals surface area contributed by atoms with Crippen molar-refractivity contribution >= 4 is 41.7 Å². The van der Waals surface area contributed by atoms with Crippen LogP contribution < -0.4 is 15.8 Å². The van der Waals surface area contributed by atoms with Gasteiger partial charge in [-0.25, -0.2) is 4.79 Å². The number of carbonyl (C=O) groups is 1. The summed E-state index contributed by atoms with van der Waals surface area (Å²) in [7, 11) is 1.61. The Balaban J connectivity index is 0.00000676. The second kappa shape index (κ2) is 11.9. The summed E-state index contributed by atoms with van der Waals surface area (Å²) in [5, 5.41) is 3.02. The predicted molar refractivity (Wildman–Crippen MR) is 121 cm³/mol. The molecule has 0 aliphatic heterocycles. The zero-order valence-corrected chi connectivity index (χ0v) is 19.4. The summed E-state index contributed by atoms with van der Waals surface area (Å²) in [6.45, 7) is 10.6. The molecule has 27 heavy (non-hydrogen) atoms. The topological polar surface area (TPSA) is 89.2 Å². The molecule has 1 aromatic rings. The van der Waals surface area contributed by atoms with E-state index in [1.54, 1.807) is 12.0 Å². The van der Waals surface area contributed by atoms with Crippen molar-refractivity contribution in [3.63, 3.8) is 0 Å². The standard InChI is InChI=1S/C19H32N4O3.HI/c1-14(2)23(18(24)26-19(3,4)5)12-8-11-21-17(20)22-15-9-7-10-16(13-15)25-6;/h7,9-10,13-14H,8,11-12H2,1-6H3,(H3,20,21,22);1H. The summed E-state index contributed by atoms with van der Waals surface area (Å²) in [5.74, 6) is 1.07. The van der Waals surface area contributed by atoms with Gasteiger partial charge in [0.1, 0.15) is 11.4 Å². The van der Waals surface area contributed by atoms with Crippen LogP contribution in [-0.4, -0.2) is 48.8 Å². The van der Waals surface area contributed by atoms with Gasteiger partial charge in [0, 0.05) is 30.9 Å². The van der Waals surface area contributed by atoms with E-state index in [1.165, 1.54) is 0 Å². The number of halogens is 1.